The number of nitrogens with one attached hydrogen (secondary N) is 2. The number of hydrogen-bond acceptors (Lipinski definition) is 12. The van der Waals surface area contributed by atoms with Gasteiger partial charge in [0, 0.05) is 51.4 Å². The van der Waals surface area contributed by atoms with Gasteiger partial charge in [-0.15, -0.1) is 15.3 Å². The van der Waals surface area contributed by atoms with Gasteiger partial charge in [0.05, 0.1) is 24.9 Å². The van der Waals surface area contributed by atoms with Crippen LogP contribution >= 0.6 is 11.3 Å². The molecule has 5 rings (SSSR count). The summed E-state index contributed by atoms with van der Waals surface area (Å²) in [5.41, 5.74) is 0.723. The van der Waals surface area contributed by atoms with Crippen molar-refractivity contribution in [1.82, 2.24) is 30.2 Å². The van der Waals surface area contributed by atoms with Crippen LogP contribution < -0.4 is 15.5 Å². The molecule has 12 nitrogen and oxygen atoms in total. The van der Waals surface area contributed by atoms with Crippen LogP contribution in [0.5, 0.6) is 0 Å². The number of ether oxygens (including phenoxy) is 1. The average molecular weight is 600 g/mol. The fourth-order valence-electron chi connectivity index (χ4n) is 6.46. The molecule has 0 aromatic carbocycles. The number of esters is 1. The topological polar surface area (TPSA) is 129 Å². The summed E-state index contributed by atoms with van der Waals surface area (Å²) in [6, 6.07) is 2.19. The molecule has 0 spiro atoms. The molecule has 4 heterocycles. The van der Waals surface area contributed by atoms with Crippen molar-refractivity contribution in [2.75, 3.05) is 61.9 Å². The number of anilines is 3. The van der Waals surface area contributed by atoms with E-state index in [-0.39, 0.29) is 18.0 Å². The quantitative estimate of drug-likeness (QED) is 0.412. The van der Waals surface area contributed by atoms with Crippen LogP contribution in [0.15, 0.2) is 12.3 Å². The highest BCUT2D eigenvalue weighted by Crippen LogP contribution is 2.40. The summed E-state index contributed by atoms with van der Waals surface area (Å²) in [4.78, 5) is 32.7. The third-order valence-corrected chi connectivity index (χ3v) is 9.90. The number of aromatic nitrogens is 4. The van der Waals surface area contributed by atoms with Crippen molar-refractivity contribution < 1.29 is 14.3 Å². The second-order valence-corrected chi connectivity index (χ2v) is 13.9. The van der Waals surface area contributed by atoms with E-state index < -0.39 is 5.97 Å². The number of carbonyl (C=O) groups is 2. The van der Waals surface area contributed by atoms with Crippen LogP contribution in [0.4, 0.5) is 16.1 Å². The highest BCUT2D eigenvalue weighted by Gasteiger charge is 2.39. The van der Waals surface area contributed by atoms with Gasteiger partial charge in [-0.25, -0.2) is 4.79 Å². The largest absolute Gasteiger partial charge is 0.465 e. The van der Waals surface area contributed by atoms with E-state index >= 15 is 0 Å². The maximum Gasteiger partial charge on any atom is 0.339 e. The van der Waals surface area contributed by atoms with Gasteiger partial charge in [-0.2, -0.15) is 5.10 Å². The van der Waals surface area contributed by atoms with Gasteiger partial charge >= 0.3 is 5.97 Å². The first-order valence-electron chi connectivity index (χ1n) is 15.2. The van der Waals surface area contributed by atoms with E-state index in [9.17, 15) is 9.59 Å². The van der Waals surface area contributed by atoms with Gasteiger partial charge in [0.1, 0.15) is 0 Å². The fourth-order valence-corrected chi connectivity index (χ4v) is 7.18. The summed E-state index contributed by atoms with van der Waals surface area (Å²) in [7, 11) is 1.35. The molecule has 42 heavy (non-hydrogen) atoms. The number of piperazine rings is 1. The van der Waals surface area contributed by atoms with Gasteiger partial charge in [-0.05, 0) is 63.4 Å². The van der Waals surface area contributed by atoms with Crippen LogP contribution in [0.25, 0.3) is 0 Å². The molecule has 3 fully saturated rings. The molecule has 2 aliphatic heterocycles. The Balaban J connectivity index is 1.19. The molecule has 13 heteroatoms. The van der Waals surface area contributed by atoms with Crippen molar-refractivity contribution in [3.8, 4) is 0 Å². The minimum absolute atomic E-state index is 0.0384. The minimum atomic E-state index is -0.434. The van der Waals surface area contributed by atoms with E-state index in [0.29, 0.717) is 45.6 Å². The van der Waals surface area contributed by atoms with Crippen LogP contribution in [0.3, 0.4) is 0 Å². The molecule has 3 aliphatic rings. The third-order valence-electron chi connectivity index (χ3n) is 9.13. The van der Waals surface area contributed by atoms with Crippen molar-refractivity contribution in [1.29, 1.82) is 0 Å². The third kappa shape index (κ3) is 7.35. The molecule has 2 aromatic rings. The molecule has 1 unspecified atom stereocenters. The Morgan fingerprint density at radius 1 is 1.00 bits per heavy atom. The maximum absolute atomic E-state index is 13.8. The number of methoxy groups -OCH3 is 1. The number of nitrogens with zero attached hydrogens (tertiary/aromatic N) is 7. The molecular formula is C29H45N9O3S. The molecule has 1 saturated carbocycles. The van der Waals surface area contributed by atoms with Gasteiger partial charge < -0.3 is 15.0 Å². The zero-order valence-corrected chi connectivity index (χ0v) is 26.3. The molecule has 1 amide bonds. The highest BCUT2D eigenvalue weighted by atomic mass is 32.1. The van der Waals surface area contributed by atoms with Gasteiger partial charge in [-0.1, -0.05) is 25.2 Å². The highest BCUT2D eigenvalue weighted by molar-refractivity contribution is 7.19. The van der Waals surface area contributed by atoms with Gasteiger partial charge in [-0.3, -0.25) is 19.9 Å². The average Bonchev–Trinajstić information content (AvgIpc) is 3.63. The molecule has 0 radical (unpaired) electrons. The fraction of sp³-hybridized carbons (Fsp3) is 0.724. The van der Waals surface area contributed by atoms with Gasteiger partial charge in [0.2, 0.25) is 16.2 Å². The zero-order chi connectivity index (χ0) is 29.9. The molecule has 2 saturated heterocycles. The van der Waals surface area contributed by atoms with E-state index in [0.717, 1.165) is 64.8 Å². The van der Waals surface area contributed by atoms with E-state index in [1.165, 1.54) is 24.6 Å². The Bertz CT molecular complexity index is 1220. The van der Waals surface area contributed by atoms with E-state index in [4.69, 9.17) is 4.74 Å². The smallest absolute Gasteiger partial charge is 0.339 e. The lowest BCUT2D eigenvalue weighted by molar-refractivity contribution is -0.125. The number of rotatable bonds is 9. The molecular weight excluding hydrogens is 554 g/mol. The summed E-state index contributed by atoms with van der Waals surface area (Å²) < 4.78 is 4.80. The van der Waals surface area contributed by atoms with Crippen LogP contribution in [0.2, 0.25) is 0 Å². The Labute approximate surface area is 252 Å². The summed E-state index contributed by atoms with van der Waals surface area (Å²) in [5.74, 6) is 0.588. The predicted molar refractivity (Wildman–Crippen MR) is 164 cm³/mol. The molecule has 0 bridgehead atoms. The predicted octanol–water partition coefficient (Wildman–Crippen LogP) is 3.36. The minimum Gasteiger partial charge on any atom is -0.465 e. The molecule has 1 aliphatic carbocycles. The zero-order valence-electron chi connectivity index (χ0n) is 25.5. The second kappa shape index (κ2) is 13.2. The lowest BCUT2D eigenvalue weighted by Gasteiger charge is -2.45. The number of carbonyl (C=O) groups excluding carboxylic acids is 2. The summed E-state index contributed by atoms with van der Waals surface area (Å²) in [6.45, 7) is 14.4. The van der Waals surface area contributed by atoms with Crippen molar-refractivity contribution in [3.63, 3.8) is 0 Å². The summed E-state index contributed by atoms with van der Waals surface area (Å²) in [5, 5.41) is 24.6. The van der Waals surface area contributed by atoms with E-state index in [2.05, 4.69) is 73.4 Å². The SMILES string of the molecule is COC(=O)c1cnnc(N2CC[C@@H](Nc3nnc(NC(=O)C(C4CCC(C)(C)CC4)N4CCN(C(C)C)CC4)s3)C2)c1. The second-order valence-electron chi connectivity index (χ2n) is 12.9. The maximum atomic E-state index is 13.8. The first-order chi connectivity index (χ1) is 20.1. The van der Waals surface area contributed by atoms with Crippen LogP contribution in [-0.4, -0.2) is 107 Å². The molecule has 2 aromatic heterocycles. The molecule has 2 N–H and O–H groups in total. The first-order valence-corrected chi connectivity index (χ1v) is 16.0. The Hall–Kier alpha value is -2.90. The first kappa shape index (κ1) is 30.6. The lowest BCUT2D eigenvalue weighted by atomic mass is 9.70. The van der Waals surface area contributed by atoms with Crippen molar-refractivity contribution >= 4 is 39.3 Å². The lowest BCUT2D eigenvalue weighted by Crippen LogP contribution is -2.57. The Kier molecular flexibility index (Phi) is 9.58. The summed E-state index contributed by atoms with van der Waals surface area (Å²) in [6.07, 6.45) is 6.72. The van der Waals surface area contributed by atoms with Crippen molar-refractivity contribution in [3.05, 3.63) is 17.8 Å². The van der Waals surface area contributed by atoms with Crippen LogP contribution in [0.1, 0.15) is 70.2 Å². The standard InChI is InChI=1S/C29H45N9O3S/c1-19(2)36-12-14-37(15-13-36)24(20-6-9-29(3,4)10-7-20)25(39)32-28-35-34-27(42-28)31-22-8-11-38(18-22)23-16-21(17-30-33-23)26(40)41-5/h16-17,19-20,22,24H,6-15,18H2,1-5H3,(H,31,34)(H,32,35,39)/t22-,24?/m1/s1. The van der Waals surface area contributed by atoms with Gasteiger partial charge in [0.25, 0.3) is 0 Å². The van der Waals surface area contributed by atoms with Crippen LogP contribution in [0, 0.1) is 11.3 Å². The number of amides is 1. The Morgan fingerprint density at radius 2 is 1.69 bits per heavy atom. The van der Waals surface area contributed by atoms with Crippen molar-refractivity contribution in [2.24, 2.45) is 11.3 Å². The monoisotopic (exact) mass is 599 g/mol. The molecule has 2 atom stereocenters. The van der Waals surface area contributed by atoms with E-state index in [1.54, 1.807) is 6.07 Å². The normalized spacial score (nSPS) is 22.7. The molecule has 230 valence electrons. The van der Waals surface area contributed by atoms with Crippen molar-refractivity contribution in [2.45, 2.75) is 77.9 Å². The Morgan fingerprint density at radius 3 is 2.38 bits per heavy atom. The van der Waals surface area contributed by atoms with Gasteiger partial charge in [0.15, 0.2) is 5.82 Å². The van der Waals surface area contributed by atoms with Crippen LogP contribution in [-0.2, 0) is 9.53 Å². The number of hydrogen-bond donors (Lipinski definition) is 2. The summed E-state index contributed by atoms with van der Waals surface area (Å²) >= 11 is 1.37. The van der Waals surface area contributed by atoms with E-state index in [1.807, 2.05) is 0 Å².